The Labute approximate surface area is 581 Å². The van der Waals surface area contributed by atoms with Gasteiger partial charge in [0.15, 0.2) is 12.2 Å². The highest BCUT2D eigenvalue weighted by Gasteiger charge is 2.30. The number of aliphatic hydroxyl groups is 1. The van der Waals surface area contributed by atoms with Gasteiger partial charge in [0.1, 0.15) is 19.3 Å². The Morgan fingerprint density at radius 1 is 0.295 bits per heavy atom. The Morgan fingerprint density at radius 3 is 0.747 bits per heavy atom. The van der Waals surface area contributed by atoms with Crippen LogP contribution < -0.4 is 0 Å². The minimum absolute atomic E-state index is 0.106. The van der Waals surface area contributed by atoms with E-state index >= 15 is 0 Å². The van der Waals surface area contributed by atoms with Crippen LogP contribution in [0.4, 0.5) is 0 Å². The number of unbranched alkanes of at least 4 members (excludes halogenated alkanes) is 38. The van der Waals surface area contributed by atoms with E-state index < -0.39 is 97.5 Å². The summed E-state index contributed by atoms with van der Waals surface area (Å²) in [4.78, 5) is 72.8. The number of ether oxygens (including phenoxy) is 4. The van der Waals surface area contributed by atoms with E-state index in [4.69, 9.17) is 37.0 Å². The van der Waals surface area contributed by atoms with Crippen molar-refractivity contribution in [2.45, 2.75) is 401 Å². The zero-order valence-electron chi connectivity index (χ0n) is 62.3. The Morgan fingerprint density at radius 2 is 0.505 bits per heavy atom. The molecule has 0 rings (SSSR count). The van der Waals surface area contributed by atoms with E-state index in [1.165, 1.54) is 180 Å². The maximum Gasteiger partial charge on any atom is 0.472 e. The number of esters is 4. The van der Waals surface area contributed by atoms with E-state index in [1.54, 1.807) is 0 Å². The highest BCUT2D eigenvalue weighted by atomic mass is 31.2. The van der Waals surface area contributed by atoms with E-state index in [-0.39, 0.29) is 25.7 Å². The molecule has 0 spiro atoms. The predicted octanol–water partition coefficient (Wildman–Crippen LogP) is 22.0. The first kappa shape index (κ1) is 93.1. The molecule has 0 aliphatic carbocycles. The van der Waals surface area contributed by atoms with Gasteiger partial charge in [-0.25, -0.2) is 9.13 Å². The summed E-state index contributed by atoms with van der Waals surface area (Å²) in [6, 6.07) is 0. The number of aliphatic hydroxyl groups excluding tert-OH is 1. The molecule has 0 fully saturated rings. The largest absolute Gasteiger partial charge is 0.472 e. The molecule has 6 atom stereocenters. The molecule has 0 heterocycles. The van der Waals surface area contributed by atoms with Crippen LogP contribution in [0.2, 0.25) is 0 Å². The highest BCUT2D eigenvalue weighted by Crippen LogP contribution is 2.45. The molecule has 0 aromatic carbocycles. The lowest BCUT2D eigenvalue weighted by Crippen LogP contribution is -2.30. The van der Waals surface area contributed by atoms with Crippen molar-refractivity contribution in [3.63, 3.8) is 0 Å². The summed E-state index contributed by atoms with van der Waals surface area (Å²) in [6.45, 7) is 14.2. The van der Waals surface area contributed by atoms with Crippen molar-refractivity contribution < 1.29 is 80.2 Å². The second kappa shape index (κ2) is 65.4. The van der Waals surface area contributed by atoms with Gasteiger partial charge in [-0.15, -0.1) is 0 Å². The monoisotopic (exact) mass is 1400 g/mol. The summed E-state index contributed by atoms with van der Waals surface area (Å²) >= 11 is 0. The van der Waals surface area contributed by atoms with Gasteiger partial charge < -0.3 is 33.8 Å². The summed E-state index contributed by atoms with van der Waals surface area (Å²) in [7, 11) is -9.91. The Kier molecular flexibility index (Phi) is 64.0. The summed E-state index contributed by atoms with van der Waals surface area (Å²) < 4.78 is 68.5. The van der Waals surface area contributed by atoms with Crippen molar-refractivity contribution in [2.24, 2.45) is 23.7 Å². The Bertz CT molecular complexity index is 1870. The van der Waals surface area contributed by atoms with Crippen molar-refractivity contribution in [1.82, 2.24) is 0 Å². The molecule has 0 aromatic rings. The molecule has 95 heavy (non-hydrogen) atoms. The van der Waals surface area contributed by atoms with Crippen LogP contribution in [-0.2, 0) is 65.4 Å². The normalized spacial score (nSPS) is 14.4. The molecule has 3 N–H and O–H groups in total. The molecule has 4 unspecified atom stereocenters. The number of hydrogen-bond donors (Lipinski definition) is 3. The maximum atomic E-state index is 13.1. The minimum atomic E-state index is -4.96. The lowest BCUT2D eigenvalue weighted by molar-refractivity contribution is -0.161. The van der Waals surface area contributed by atoms with Gasteiger partial charge >= 0.3 is 39.5 Å². The van der Waals surface area contributed by atoms with Gasteiger partial charge in [-0.3, -0.25) is 37.3 Å². The quantitative estimate of drug-likeness (QED) is 0.0222. The molecular weight excluding hydrogens is 1250 g/mol. The molecule has 0 aliphatic heterocycles. The van der Waals surface area contributed by atoms with E-state index in [2.05, 4.69) is 55.4 Å². The van der Waals surface area contributed by atoms with E-state index in [9.17, 15) is 43.2 Å². The van der Waals surface area contributed by atoms with Crippen LogP contribution in [0.1, 0.15) is 383 Å². The van der Waals surface area contributed by atoms with Gasteiger partial charge in [0, 0.05) is 25.7 Å². The molecule has 564 valence electrons. The van der Waals surface area contributed by atoms with E-state index in [1.807, 2.05) is 0 Å². The molecule has 0 bridgehead atoms. The molecule has 0 radical (unpaired) electrons. The smallest absolute Gasteiger partial charge is 0.462 e. The van der Waals surface area contributed by atoms with Gasteiger partial charge in [-0.05, 0) is 49.4 Å². The van der Waals surface area contributed by atoms with Crippen LogP contribution in [-0.4, -0.2) is 96.7 Å². The summed E-state index contributed by atoms with van der Waals surface area (Å²) in [5.74, 6) is 0.937. The highest BCUT2D eigenvalue weighted by molar-refractivity contribution is 7.47. The lowest BCUT2D eigenvalue weighted by Gasteiger charge is -2.21. The van der Waals surface area contributed by atoms with Gasteiger partial charge in [0.25, 0.3) is 0 Å². The van der Waals surface area contributed by atoms with Gasteiger partial charge in [-0.1, -0.05) is 331 Å². The lowest BCUT2D eigenvalue weighted by atomic mass is 9.99. The molecule has 0 aliphatic rings. The minimum Gasteiger partial charge on any atom is -0.462 e. The fraction of sp³-hybridized carbons (Fsp3) is 0.947. The molecule has 0 aromatic heterocycles. The van der Waals surface area contributed by atoms with Crippen molar-refractivity contribution in [1.29, 1.82) is 0 Å². The van der Waals surface area contributed by atoms with Crippen LogP contribution in [0, 0.1) is 23.7 Å². The number of carbonyl (C=O) groups is 4. The zero-order valence-corrected chi connectivity index (χ0v) is 64.1. The first-order chi connectivity index (χ1) is 45.6. The number of phosphoric ester groups is 2. The predicted molar refractivity (Wildman–Crippen MR) is 386 cm³/mol. The third-order valence-corrected chi connectivity index (χ3v) is 19.8. The topological polar surface area (TPSA) is 237 Å². The van der Waals surface area contributed by atoms with E-state index in [0.29, 0.717) is 31.6 Å². The number of carbonyl (C=O) groups excluding carboxylic acids is 4. The third kappa shape index (κ3) is 69.0. The van der Waals surface area contributed by atoms with Crippen LogP contribution in [0.3, 0.4) is 0 Å². The first-order valence-electron chi connectivity index (χ1n) is 39.2. The second-order valence-electron chi connectivity index (χ2n) is 29.1. The zero-order chi connectivity index (χ0) is 70.3. The van der Waals surface area contributed by atoms with Gasteiger partial charge in [0.05, 0.1) is 26.4 Å². The average Bonchev–Trinajstić information content (AvgIpc) is 3.19. The third-order valence-electron chi connectivity index (χ3n) is 17.9. The number of rotatable bonds is 73. The molecule has 17 nitrogen and oxygen atoms in total. The fourth-order valence-electron chi connectivity index (χ4n) is 11.5. The number of hydrogen-bond acceptors (Lipinski definition) is 15. The van der Waals surface area contributed by atoms with Crippen LogP contribution in [0.15, 0.2) is 0 Å². The van der Waals surface area contributed by atoms with Crippen molar-refractivity contribution in [3.05, 3.63) is 0 Å². The molecule has 0 amide bonds. The SMILES string of the molecule is CCC(C)CCCCCCCCCCCCC(=O)O[C@H](COC(=O)CCCCCCCCCCCCCCC(C)C)COP(=O)(O)OCC(O)COP(=O)(O)OC[C@@H](COC(=O)CCCCCCCCC(C)C)OC(=O)CCCCCCCCCCCCCCCCC(C)C. The summed E-state index contributed by atoms with van der Waals surface area (Å²) in [5, 5.41) is 10.6. The Balaban J connectivity index is 5.24. The van der Waals surface area contributed by atoms with Crippen molar-refractivity contribution >= 4 is 39.5 Å². The van der Waals surface area contributed by atoms with Crippen molar-refractivity contribution in [2.75, 3.05) is 39.6 Å². The summed E-state index contributed by atoms with van der Waals surface area (Å²) in [6.07, 6.45) is 50.0. The first-order valence-corrected chi connectivity index (χ1v) is 42.2. The average molecular weight is 1400 g/mol. The molecule has 0 saturated heterocycles. The molecular formula is C76H148O17P2. The van der Waals surface area contributed by atoms with Crippen LogP contribution in [0.25, 0.3) is 0 Å². The summed E-state index contributed by atoms with van der Waals surface area (Å²) in [5.41, 5.74) is 0. The maximum absolute atomic E-state index is 13.1. The Hall–Kier alpha value is -1.94. The molecule has 19 heteroatoms. The fourth-order valence-corrected chi connectivity index (χ4v) is 13.1. The van der Waals surface area contributed by atoms with Crippen molar-refractivity contribution in [3.8, 4) is 0 Å². The van der Waals surface area contributed by atoms with E-state index in [0.717, 1.165) is 114 Å². The van der Waals surface area contributed by atoms with Gasteiger partial charge in [0.2, 0.25) is 0 Å². The number of phosphoric acid groups is 2. The standard InChI is InChI=1S/C76H148O17P2/c1-9-69(8)55-47-39-30-24-20-21-27-33-43-51-59-76(81)92-71(62-86-73(78)56-48-40-31-25-18-15-14-17-23-29-37-45-53-67(4)5)64-90-94(82,83)88-60-70(77)61-89-95(84,85)91-65-72(63-87-74(79)57-49-41-35-34-38-46-54-68(6)7)93-75(80)58-50-42-32-26-19-13-11-10-12-16-22-28-36-44-52-66(2)3/h66-72,77H,9-65H2,1-8H3,(H,82,83)(H,84,85)/t69?,70?,71-,72-/m1/s1. The molecule has 0 saturated carbocycles. The second-order valence-corrected chi connectivity index (χ2v) is 32.0. The van der Waals surface area contributed by atoms with Crippen LogP contribution >= 0.6 is 15.6 Å². The van der Waals surface area contributed by atoms with Crippen LogP contribution in [0.5, 0.6) is 0 Å². The van der Waals surface area contributed by atoms with Gasteiger partial charge in [-0.2, -0.15) is 0 Å².